The van der Waals surface area contributed by atoms with Gasteiger partial charge in [0.05, 0.1) is 11.6 Å². The number of fused-ring (bicyclic) bond motifs is 1. The molecular weight excluding hydrogens is 468 g/mol. The van der Waals surface area contributed by atoms with Crippen LogP contribution in [0.2, 0.25) is 0 Å². The molecule has 1 aromatic heterocycles. The van der Waals surface area contributed by atoms with E-state index in [-0.39, 0.29) is 17.3 Å². The van der Waals surface area contributed by atoms with E-state index in [0.717, 1.165) is 24.1 Å². The van der Waals surface area contributed by atoms with Gasteiger partial charge in [-0.15, -0.1) is 0 Å². The summed E-state index contributed by atoms with van der Waals surface area (Å²) in [5.41, 5.74) is 3.65. The van der Waals surface area contributed by atoms with E-state index in [0.29, 0.717) is 42.5 Å². The molecule has 0 aliphatic rings. The van der Waals surface area contributed by atoms with Gasteiger partial charge in [-0.1, -0.05) is 48.5 Å². The maximum atomic E-state index is 12.2. The van der Waals surface area contributed by atoms with Crippen LogP contribution in [0.3, 0.4) is 0 Å². The van der Waals surface area contributed by atoms with Crippen LogP contribution in [-0.2, 0) is 12.8 Å². The van der Waals surface area contributed by atoms with E-state index in [9.17, 15) is 19.8 Å². The number of hydrogen-bond donors (Lipinski definition) is 6. The van der Waals surface area contributed by atoms with Gasteiger partial charge in [-0.2, -0.15) is 0 Å². The average molecular weight is 501 g/mol. The van der Waals surface area contributed by atoms with Gasteiger partial charge in [-0.05, 0) is 66.8 Å². The second-order valence-corrected chi connectivity index (χ2v) is 8.93. The molecule has 0 aliphatic heterocycles. The predicted octanol–water partition coefficient (Wildman–Crippen LogP) is 3.85. The molecular formula is C29H32N4O4. The Hall–Kier alpha value is -4.14. The highest BCUT2D eigenvalue weighted by atomic mass is 16.3. The number of nitrogens with one attached hydrogen (secondary N) is 4. The SMILES string of the molecule is O=C(NCCCc1ccccc1)Nc1cccc(CCNC[C@@H](O)c2ccc(O)c3[nH]c(=O)ccc23)c1. The molecule has 1 atom stereocenters. The Morgan fingerprint density at radius 2 is 1.70 bits per heavy atom. The zero-order chi connectivity index (χ0) is 26.0. The maximum Gasteiger partial charge on any atom is 0.319 e. The van der Waals surface area contributed by atoms with Crippen LogP contribution in [-0.4, -0.2) is 40.9 Å². The summed E-state index contributed by atoms with van der Waals surface area (Å²) < 4.78 is 0. The number of anilines is 1. The monoisotopic (exact) mass is 500 g/mol. The van der Waals surface area contributed by atoms with E-state index in [4.69, 9.17) is 0 Å². The first-order chi connectivity index (χ1) is 18.0. The Morgan fingerprint density at radius 1 is 0.892 bits per heavy atom. The summed E-state index contributed by atoms with van der Waals surface area (Å²) in [5.74, 6) is -0.0361. The van der Waals surface area contributed by atoms with Crippen LogP contribution in [0.5, 0.6) is 5.75 Å². The van der Waals surface area contributed by atoms with E-state index in [1.54, 1.807) is 12.1 Å². The Labute approximate surface area is 215 Å². The van der Waals surface area contributed by atoms with Crippen LogP contribution in [0.15, 0.2) is 83.7 Å². The maximum absolute atomic E-state index is 12.2. The first kappa shape index (κ1) is 25.9. The molecule has 0 spiro atoms. The van der Waals surface area contributed by atoms with Crippen LogP contribution in [0, 0.1) is 0 Å². The van der Waals surface area contributed by atoms with Crippen molar-refractivity contribution < 1.29 is 15.0 Å². The fourth-order valence-electron chi connectivity index (χ4n) is 4.25. The van der Waals surface area contributed by atoms with Crippen molar-refractivity contribution in [2.24, 2.45) is 0 Å². The second kappa shape index (κ2) is 12.7. The largest absolute Gasteiger partial charge is 0.506 e. The van der Waals surface area contributed by atoms with Gasteiger partial charge in [0.25, 0.3) is 0 Å². The summed E-state index contributed by atoms with van der Waals surface area (Å²) >= 11 is 0. The summed E-state index contributed by atoms with van der Waals surface area (Å²) in [7, 11) is 0. The van der Waals surface area contributed by atoms with Crippen molar-refractivity contribution in [3.8, 4) is 5.75 Å². The van der Waals surface area contributed by atoms with Gasteiger partial charge in [0, 0.05) is 30.2 Å². The van der Waals surface area contributed by atoms with E-state index in [2.05, 4.69) is 33.1 Å². The number of hydrogen-bond acceptors (Lipinski definition) is 5. The van der Waals surface area contributed by atoms with Gasteiger partial charge in [0.1, 0.15) is 5.75 Å². The molecule has 2 amide bonds. The number of phenolic OH excluding ortho intramolecular Hbond substituents is 1. The average Bonchev–Trinajstić information content (AvgIpc) is 2.90. The second-order valence-electron chi connectivity index (χ2n) is 8.93. The smallest absolute Gasteiger partial charge is 0.319 e. The Kier molecular flexibility index (Phi) is 8.91. The number of aryl methyl sites for hydroxylation is 1. The topological polar surface area (TPSA) is 126 Å². The van der Waals surface area contributed by atoms with E-state index < -0.39 is 6.10 Å². The van der Waals surface area contributed by atoms with Crippen LogP contribution < -0.4 is 21.5 Å². The fourth-order valence-corrected chi connectivity index (χ4v) is 4.25. The molecule has 8 heteroatoms. The number of aromatic amines is 1. The lowest BCUT2D eigenvalue weighted by Crippen LogP contribution is -2.29. The number of urea groups is 1. The third kappa shape index (κ3) is 7.42. The number of pyridine rings is 1. The van der Waals surface area contributed by atoms with E-state index in [1.807, 2.05) is 42.5 Å². The molecule has 37 heavy (non-hydrogen) atoms. The molecule has 4 aromatic rings. The first-order valence-corrected chi connectivity index (χ1v) is 12.4. The molecule has 0 radical (unpaired) electrons. The van der Waals surface area contributed by atoms with Crippen molar-refractivity contribution >= 4 is 22.6 Å². The summed E-state index contributed by atoms with van der Waals surface area (Å²) in [5, 5.41) is 30.3. The molecule has 6 N–H and O–H groups in total. The molecule has 3 aromatic carbocycles. The summed E-state index contributed by atoms with van der Waals surface area (Å²) in [6, 6.07) is 23.7. The lowest BCUT2D eigenvalue weighted by molar-refractivity contribution is 0.176. The molecule has 192 valence electrons. The summed E-state index contributed by atoms with van der Waals surface area (Å²) in [6.07, 6.45) is 1.69. The summed E-state index contributed by atoms with van der Waals surface area (Å²) in [6.45, 7) is 1.53. The lowest BCUT2D eigenvalue weighted by Gasteiger charge is -2.15. The molecule has 1 heterocycles. The zero-order valence-electron chi connectivity index (χ0n) is 20.5. The molecule has 0 fully saturated rings. The van der Waals surface area contributed by atoms with Gasteiger partial charge < -0.3 is 31.1 Å². The highest BCUT2D eigenvalue weighted by Crippen LogP contribution is 2.28. The van der Waals surface area contributed by atoms with Crippen LogP contribution in [0.1, 0.15) is 29.2 Å². The van der Waals surface area contributed by atoms with Crippen molar-refractivity contribution in [1.82, 2.24) is 15.6 Å². The number of amides is 2. The van der Waals surface area contributed by atoms with Crippen LogP contribution in [0.25, 0.3) is 10.9 Å². The summed E-state index contributed by atoms with van der Waals surface area (Å²) in [4.78, 5) is 26.4. The van der Waals surface area contributed by atoms with Crippen molar-refractivity contribution in [2.75, 3.05) is 25.0 Å². The number of phenols is 1. The highest BCUT2D eigenvalue weighted by molar-refractivity contribution is 5.89. The van der Waals surface area contributed by atoms with Crippen molar-refractivity contribution in [3.05, 3.63) is 106 Å². The standard InChI is InChI=1S/C29H32N4O4/c34-25-13-11-23(24-12-14-27(36)33-28(24)25)26(35)19-30-17-15-21-8-4-10-22(18-21)32-29(37)31-16-5-9-20-6-2-1-3-7-20/h1-4,6-8,10-14,18,26,30,34-35H,5,9,15-17,19H2,(H,33,36)(H2,31,32,37)/t26-/m1/s1. The number of benzene rings is 3. The molecule has 0 aliphatic carbocycles. The molecule has 4 rings (SSSR count). The number of aromatic nitrogens is 1. The quantitative estimate of drug-likeness (QED) is 0.174. The minimum absolute atomic E-state index is 0.0361. The zero-order valence-corrected chi connectivity index (χ0v) is 20.5. The van der Waals surface area contributed by atoms with Crippen molar-refractivity contribution in [1.29, 1.82) is 0 Å². The molecule has 0 unspecified atom stereocenters. The minimum Gasteiger partial charge on any atom is -0.506 e. The van der Waals surface area contributed by atoms with E-state index >= 15 is 0 Å². The Bertz CT molecular complexity index is 1390. The van der Waals surface area contributed by atoms with Crippen LogP contribution >= 0.6 is 0 Å². The number of aliphatic hydroxyl groups excluding tert-OH is 1. The predicted molar refractivity (Wildman–Crippen MR) is 146 cm³/mol. The Balaban J connectivity index is 1.21. The fraction of sp³-hybridized carbons (Fsp3) is 0.241. The van der Waals surface area contributed by atoms with Gasteiger partial charge in [-0.25, -0.2) is 4.79 Å². The number of carbonyl (C=O) groups is 1. The van der Waals surface area contributed by atoms with Crippen molar-refractivity contribution in [2.45, 2.75) is 25.4 Å². The molecule has 0 saturated carbocycles. The molecule has 8 nitrogen and oxygen atoms in total. The molecule has 0 saturated heterocycles. The third-order valence-corrected chi connectivity index (χ3v) is 6.15. The van der Waals surface area contributed by atoms with Gasteiger partial charge >= 0.3 is 6.03 Å². The molecule has 0 bridgehead atoms. The number of H-pyrrole nitrogens is 1. The lowest BCUT2D eigenvalue weighted by atomic mass is 10.0. The number of carbonyl (C=O) groups excluding carboxylic acids is 1. The number of rotatable bonds is 11. The number of aromatic hydroxyl groups is 1. The third-order valence-electron chi connectivity index (χ3n) is 6.15. The minimum atomic E-state index is -0.812. The van der Waals surface area contributed by atoms with Gasteiger partial charge in [0.2, 0.25) is 5.56 Å². The van der Waals surface area contributed by atoms with E-state index in [1.165, 1.54) is 17.7 Å². The normalized spacial score (nSPS) is 11.8. The number of aliphatic hydroxyl groups is 1. The van der Waals surface area contributed by atoms with Gasteiger partial charge in [0.15, 0.2) is 0 Å². The van der Waals surface area contributed by atoms with Crippen LogP contribution in [0.4, 0.5) is 10.5 Å². The highest BCUT2D eigenvalue weighted by Gasteiger charge is 2.13. The van der Waals surface area contributed by atoms with Crippen molar-refractivity contribution in [3.63, 3.8) is 0 Å². The van der Waals surface area contributed by atoms with Gasteiger partial charge in [-0.3, -0.25) is 4.79 Å². The Morgan fingerprint density at radius 3 is 2.54 bits per heavy atom. The first-order valence-electron chi connectivity index (χ1n) is 12.4.